The molecule has 1 N–H and O–H groups in total. The van der Waals surface area contributed by atoms with E-state index in [0.29, 0.717) is 6.04 Å². The van der Waals surface area contributed by atoms with Crippen LogP contribution >= 0.6 is 0 Å². The van der Waals surface area contributed by atoms with Crippen LogP contribution in [0.25, 0.3) is 0 Å². The van der Waals surface area contributed by atoms with Crippen LogP contribution in [0.2, 0.25) is 0 Å². The second-order valence-corrected chi connectivity index (χ2v) is 4.81. The maximum atomic E-state index is 5.35. The summed E-state index contributed by atoms with van der Waals surface area (Å²) in [5, 5.41) is 3.57. The minimum Gasteiger partial charge on any atom is -0.379 e. The summed E-state index contributed by atoms with van der Waals surface area (Å²) in [7, 11) is 2.09. The van der Waals surface area contributed by atoms with Crippen molar-refractivity contribution < 1.29 is 4.74 Å². The number of hydrogen-bond acceptors (Lipinski definition) is 3. The number of hydrogen-bond donors (Lipinski definition) is 1. The Hall–Kier alpha value is -0.840. The van der Waals surface area contributed by atoms with Gasteiger partial charge in [-0.3, -0.25) is 4.90 Å². The summed E-state index contributed by atoms with van der Waals surface area (Å²) < 4.78 is 7.51. The molecule has 1 atom stereocenters. The van der Waals surface area contributed by atoms with Crippen LogP contribution in [0, 0.1) is 0 Å². The summed E-state index contributed by atoms with van der Waals surface area (Å²) in [6, 6.07) is 4.76. The van der Waals surface area contributed by atoms with Gasteiger partial charge in [0, 0.05) is 51.2 Å². The number of rotatable bonds is 5. The summed E-state index contributed by atoms with van der Waals surface area (Å²) >= 11 is 0. The van der Waals surface area contributed by atoms with E-state index in [1.807, 2.05) is 0 Å². The van der Waals surface area contributed by atoms with Crippen molar-refractivity contribution in [1.29, 1.82) is 0 Å². The van der Waals surface area contributed by atoms with E-state index in [1.165, 1.54) is 5.69 Å². The standard InChI is InChI=1S/C13H23N3O/c1-12(11-16-6-8-17-9-7-16)14-10-13-4-3-5-15(13)2/h3-5,12,14H,6-11H2,1-2H3. The first kappa shape index (κ1) is 12.6. The van der Waals surface area contributed by atoms with E-state index in [-0.39, 0.29) is 0 Å². The van der Waals surface area contributed by atoms with E-state index < -0.39 is 0 Å². The third-order valence-electron chi connectivity index (χ3n) is 3.32. The predicted molar refractivity (Wildman–Crippen MR) is 69.0 cm³/mol. The normalized spacial score (nSPS) is 19.4. The lowest BCUT2D eigenvalue weighted by Crippen LogP contribution is -2.44. The van der Waals surface area contributed by atoms with Gasteiger partial charge in [0.2, 0.25) is 0 Å². The first-order valence-corrected chi connectivity index (χ1v) is 6.39. The van der Waals surface area contributed by atoms with Crippen molar-refractivity contribution in [2.24, 2.45) is 7.05 Å². The Morgan fingerprint density at radius 3 is 2.82 bits per heavy atom. The Morgan fingerprint density at radius 1 is 1.41 bits per heavy atom. The van der Waals surface area contributed by atoms with Gasteiger partial charge in [0.05, 0.1) is 13.2 Å². The molecule has 1 aliphatic rings. The van der Waals surface area contributed by atoms with Gasteiger partial charge in [-0.15, -0.1) is 0 Å². The van der Waals surface area contributed by atoms with Crippen molar-refractivity contribution in [2.45, 2.75) is 19.5 Å². The second-order valence-electron chi connectivity index (χ2n) is 4.81. The summed E-state index contributed by atoms with van der Waals surface area (Å²) in [5.74, 6) is 0. The zero-order valence-electron chi connectivity index (χ0n) is 10.9. The first-order chi connectivity index (χ1) is 8.25. The Balaban J connectivity index is 1.70. The van der Waals surface area contributed by atoms with Gasteiger partial charge < -0.3 is 14.6 Å². The quantitative estimate of drug-likeness (QED) is 0.823. The average molecular weight is 237 g/mol. The van der Waals surface area contributed by atoms with Gasteiger partial charge in [-0.05, 0) is 19.1 Å². The molecule has 0 amide bonds. The highest BCUT2D eigenvalue weighted by molar-refractivity contribution is 5.06. The fourth-order valence-electron chi connectivity index (χ4n) is 2.19. The van der Waals surface area contributed by atoms with Crippen molar-refractivity contribution in [3.05, 3.63) is 24.0 Å². The molecule has 0 bridgehead atoms. The molecule has 1 unspecified atom stereocenters. The number of nitrogens with zero attached hydrogens (tertiary/aromatic N) is 2. The Bertz CT molecular complexity index is 331. The highest BCUT2D eigenvalue weighted by Gasteiger charge is 2.13. The van der Waals surface area contributed by atoms with Crippen LogP contribution < -0.4 is 5.32 Å². The zero-order chi connectivity index (χ0) is 12.1. The van der Waals surface area contributed by atoms with Crippen molar-refractivity contribution in [1.82, 2.24) is 14.8 Å². The van der Waals surface area contributed by atoms with Crippen molar-refractivity contribution in [3.8, 4) is 0 Å². The maximum absolute atomic E-state index is 5.35. The lowest BCUT2D eigenvalue weighted by Gasteiger charge is -2.29. The average Bonchev–Trinajstić information content (AvgIpc) is 2.74. The molecule has 0 saturated carbocycles. The molecule has 0 aliphatic carbocycles. The molecule has 0 spiro atoms. The highest BCUT2D eigenvalue weighted by Crippen LogP contribution is 2.01. The summed E-state index contributed by atoms with van der Waals surface area (Å²) in [6.45, 7) is 8.18. The fraction of sp³-hybridized carbons (Fsp3) is 0.692. The molecule has 1 aromatic heterocycles. The third-order valence-corrected chi connectivity index (χ3v) is 3.32. The number of aryl methyl sites for hydroxylation is 1. The molecule has 1 saturated heterocycles. The van der Waals surface area contributed by atoms with Gasteiger partial charge >= 0.3 is 0 Å². The SMILES string of the molecule is CC(CN1CCOCC1)NCc1cccn1C. The molecule has 2 rings (SSSR count). The summed E-state index contributed by atoms with van der Waals surface area (Å²) in [5.41, 5.74) is 1.33. The Labute approximate surface area is 104 Å². The molecular weight excluding hydrogens is 214 g/mol. The summed E-state index contributed by atoms with van der Waals surface area (Å²) in [4.78, 5) is 2.46. The van der Waals surface area contributed by atoms with Gasteiger partial charge in [-0.25, -0.2) is 0 Å². The molecule has 2 heterocycles. The number of nitrogens with one attached hydrogen (secondary N) is 1. The second kappa shape index (κ2) is 6.19. The van der Waals surface area contributed by atoms with E-state index in [1.54, 1.807) is 0 Å². The minimum atomic E-state index is 0.517. The molecule has 1 aliphatic heterocycles. The van der Waals surface area contributed by atoms with Gasteiger partial charge in [0.25, 0.3) is 0 Å². The molecular formula is C13H23N3O. The summed E-state index contributed by atoms with van der Waals surface area (Å²) in [6.07, 6.45) is 2.09. The monoisotopic (exact) mass is 237 g/mol. The van der Waals surface area contributed by atoms with Crippen molar-refractivity contribution in [2.75, 3.05) is 32.8 Å². The van der Waals surface area contributed by atoms with Gasteiger partial charge in [0.1, 0.15) is 0 Å². The number of morpholine rings is 1. The maximum Gasteiger partial charge on any atom is 0.0594 e. The van der Waals surface area contributed by atoms with Crippen LogP contribution in [-0.4, -0.2) is 48.4 Å². The van der Waals surface area contributed by atoms with Crippen molar-refractivity contribution in [3.63, 3.8) is 0 Å². The van der Waals surface area contributed by atoms with Crippen LogP contribution in [0.1, 0.15) is 12.6 Å². The predicted octanol–water partition coefficient (Wildman–Crippen LogP) is 0.835. The van der Waals surface area contributed by atoms with Gasteiger partial charge in [-0.2, -0.15) is 0 Å². The Morgan fingerprint density at radius 2 is 2.18 bits per heavy atom. The first-order valence-electron chi connectivity index (χ1n) is 6.39. The molecule has 1 fully saturated rings. The van der Waals surface area contributed by atoms with Crippen LogP contribution in [0.3, 0.4) is 0 Å². The number of aromatic nitrogens is 1. The lowest BCUT2D eigenvalue weighted by atomic mass is 10.2. The van der Waals surface area contributed by atoms with Crippen LogP contribution in [0.15, 0.2) is 18.3 Å². The van der Waals surface area contributed by atoms with E-state index in [2.05, 4.69) is 47.1 Å². The minimum absolute atomic E-state index is 0.517. The van der Waals surface area contributed by atoms with Gasteiger partial charge in [0.15, 0.2) is 0 Å². The van der Waals surface area contributed by atoms with E-state index in [0.717, 1.165) is 39.4 Å². The molecule has 1 aromatic rings. The number of ether oxygens (including phenoxy) is 1. The van der Waals surface area contributed by atoms with Crippen molar-refractivity contribution >= 4 is 0 Å². The molecule has 4 heteroatoms. The zero-order valence-corrected chi connectivity index (χ0v) is 10.9. The molecule has 0 aromatic carbocycles. The smallest absolute Gasteiger partial charge is 0.0594 e. The lowest BCUT2D eigenvalue weighted by molar-refractivity contribution is 0.0343. The van der Waals surface area contributed by atoms with Crippen LogP contribution in [-0.2, 0) is 18.3 Å². The fourth-order valence-corrected chi connectivity index (χ4v) is 2.19. The molecule has 17 heavy (non-hydrogen) atoms. The molecule has 4 nitrogen and oxygen atoms in total. The van der Waals surface area contributed by atoms with E-state index in [9.17, 15) is 0 Å². The Kier molecular flexibility index (Phi) is 4.59. The van der Waals surface area contributed by atoms with Gasteiger partial charge in [-0.1, -0.05) is 0 Å². The molecule has 96 valence electrons. The van der Waals surface area contributed by atoms with E-state index >= 15 is 0 Å². The van der Waals surface area contributed by atoms with Crippen LogP contribution in [0.5, 0.6) is 0 Å². The topological polar surface area (TPSA) is 29.4 Å². The van der Waals surface area contributed by atoms with Crippen LogP contribution in [0.4, 0.5) is 0 Å². The largest absolute Gasteiger partial charge is 0.379 e. The third kappa shape index (κ3) is 3.84. The highest BCUT2D eigenvalue weighted by atomic mass is 16.5. The van der Waals surface area contributed by atoms with E-state index in [4.69, 9.17) is 4.74 Å². The molecule has 0 radical (unpaired) electrons.